The molecule has 0 N–H and O–H groups in total. The number of hydrogen-bond donors (Lipinski definition) is 0. The van der Waals surface area contributed by atoms with Gasteiger partial charge in [0.05, 0.1) is 5.02 Å². The molecule has 0 aliphatic carbocycles. The second-order valence-corrected chi connectivity index (χ2v) is 5.98. The van der Waals surface area contributed by atoms with Gasteiger partial charge in [0, 0.05) is 16.2 Å². The van der Waals surface area contributed by atoms with Gasteiger partial charge in [0.1, 0.15) is 0 Å². The standard InChI is InChI=1S/C16H15ClOS/c1-11-6-12(2)8-13(7-11)10-19-16-5-3-4-15(17)14(16)9-18/h3-9H,10H2,1-2H3. The van der Waals surface area contributed by atoms with Gasteiger partial charge in [-0.1, -0.05) is 47.0 Å². The average molecular weight is 291 g/mol. The van der Waals surface area contributed by atoms with Gasteiger partial charge in [0.15, 0.2) is 6.29 Å². The predicted octanol–water partition coefficient (Wildman–Crippen LogP) is 5.06. The van der Waals surface area contributed by atoms with Crippen molar-refractivity contribution in [2.45, 2.75) is 24.5 Å². The maximum Gasteiger partial charge on any atom is 0.152 e. The van der Waals surface area contributed by atoms with Crippen molar-refractivity contribution in [2.24, 2.45) is 0 Å². The molecule has 0 unspecified atom stereocenters. The minimum atomic E-state index is 0.514. The topological polar surface area (TPSA) is 17.1 Å². The molecule has 19 heavy (non-hydrogen) atoms. The van der Waals surface area contributed by atoms with Crippen molar-refractivity contribution in [3.8, 4) is 0 Å². The fraction of sp³-hybridized carbons (Fsp3) is 0.188. The van der Waals surface area contributed by atoms with Crippen LogP contribution in [0.1, 0.15) is 27.0 Å². The molecule has 1 nitrogen and oxygen atoms in total. The van der Waals surface area contributed by atoms with Crippen molar-refractivity contribution in [1.29, 1.82) is 0 Å². The van der Waals surface area contributed by atoms with E-state index in [0.29, 0.717) is 10.6 Å². The first-order valence-corrected chi connectivity index (χ1v) is 7.40. The van der Waals surface area contributed by atoms with Crippen LogP contribution in [0.4, 0.5) is 0 Å². The Morgan fingerprint density at radius 2 is 1.84 bits per heavy atom. The third kappa shape index (κ3) is 3.62. The second-order valence-electron chi connectivity index (χ2n) is 4.55. The van der Waals surface area contributed by atoms with E-state index < -0.39 is 0 Å². The SMILES string of the molecule is Cc1cc(C)cc(CSc2cccc(Cl)c2C=O)c1. The summed E-state index contributed by atoms with van der Waals surface area (Å²) in [4.78, 5) is 12.0. The van der Waals surface area contributed by atoms with E-state index >= 15 is 0 Å². The van der Waals surface area contributed by atoms with Crippen LogP contribution in [0, 0.1) is 13.8 Å². The molecule has 2 aromatic carbocycles. The van der Waals surface area contributed by atoms with Crippen molar-refractivity contribution in [1.82, 2.24) is 0 Å². The summed E-state index contributed by atoms with van der Waals surface area (Å²) in [7, 11) is 0. The third-order valence-corrected chi connectivity index (χ3v) is 4.28. The van der Waals surface area contributed by atoms with Crippen LogP contribution >= 0.6 is 23.4 Å². The van der Waals surface area contributed by atoms with Crippen molar-refractivity contribution in [3.05, 3.63) is 63.7 Å². The number of carbonyl (C=O) groups is 1. The molecule has 2 aromatic rings. The molecule has 3 heteroatoms. The number of rotatable bonds is 4. The van der Waals surface area contributed by atoms with Crippen molar-refractivity contribution >= 4 is 29.6 Å². The Morgan fingerprint density at radius 1 is 1.16 bits per heavy atom. The van der Waals surface area contributed by atoms with E-state index in [-0.39, 0.29) is 0 Å². The summed E-state index contributed by atoms with van der Waals surface area (Å²) in [5, 5.41) is 0.514. The van der Waals surface area contributed by atoms with Crippen molar-refractivity contribution < 1.29 is 4.79 Å². The lowest BCUT2D eigenvalue weighted by atomic mass is 10.1. The molecule has 0 saturated heterocycles. The molecule has 0 radical (unpaired) electrons. The lowest BCUT2D eigenvalue weighted by Crippen LogP contribution is -1.89. The Morgan fingerprint density at radius 3 is 2.47 bits per heavy atom. The van der Waals surface area contributed by atoms with E-state index in [1.807, 2.05) is 12.1 Å². The molecule has 98 valence electrons. The molecule has 2 rings (SSSR count). The van der Waals surface area contributed by atoms with Gasteiger partial charge < -0.3 is 0 Å². The van der Waals surface area contributed by atoms with E-state index in [0.717, 1.165) is 16.9 Å². The summed E-state index contributed by atoms with van der Waals surface area (Å²) in [5.41, 5.74) is 4.37. The maximum absolute atomic E-state index is 11.1. The van der Waals surface area contributed by atoms with Crippen LogP contribution in [0.3, 0.4) is 0 Å². The summed E-state index contributed by atoms with van der Waals surface area (Å²) < 4.78 is 0. The smallest absolute Gasteiger partial charge is 0.152 e. The predicted molar refractivity (Wildman–Crippen MR) is 82.3 cm³/mol. The number of benzene rings is 2. The van der Waals surface area contributed by atoms with Crippen LogP contribution in [0.25, 0.3) is 0 Å². The van der Waals surface area contributed by atoms with E-state index in [1.165, 1.54) is 16.7 Å². The van der Waals surface area contributed by atoms with Crippen LogP contribution in [0.5, 0.6) is 0 Å². The van der Waals surface area contributed by atoms with Gasteiger partial charge in [0.25, 0.3) is 0 Å². The highest BCUT2D eigenvalue weighted by atomic mass is 35.5. The fourth-order valence-corrected chi connectivity index (χ4v) is 3.32. The summed E-state index contributed by atoms with van der Waals surface area (Å²) in [5.74, 6) is 0.837. The molecule has 0 heterocycles. The van der Waals surface area contributed by atoms with Gasteiger partial charge in [0.2, 0.25) is 0 Å². The highest BCUT2D eigenvalue weighted by molar-refractivity contribution is 7.98. The number of carbonyl (C=O) groups excluding carboxylic acids is 1. The molecule has 0 spiro atoms. The molecule has 0 bridgehead atoms. The molecule has 0 aliphatic heterocycles. The van der Waals surface area contributed by atoms with Gasteiger partial charge in [-0.05, 0) is 31.5 Å². The van der Waals surface area contributed by atoms with E-state index in [2.05, 4.69) is 32.0 Å². The molecular formula is C16H15ClOS. The van der Waals surface area contributed by atoms with Gasteiger partial charge >= 0.3 is 0 Å². The lowest BCUT2D eigenvalue weighted by molar-refractivity contribution is 0.112. The summed E-state index contributed by atoms with van der Waals surface area (Å²) in [6.07, 6.45) is 0.826. The Hall–Kier alpha value is -1.25. The monoisotopic (exact) mass is 290 g/mol. The van der Waals surface area contributed by atoms with Crippen LogP contribution in [0.15, 0.2) is 41.3 Å². The van der Waals surface area contributed by atoms with Crippen LogP contribution in [-0.2, 0) is 5.75 Å². The number of thioether (sulfide) groups is 1. The van der Waals surface area contributed by atoms with E-state index in [4.69, 9.17) is 11.6 Å². The van der Waals surface area contributed by atoms with Gasteiger partial charge in [-0.25, -0.2) is 0 Å². The normalized spacial score (nSPS) is 10.5. The van der Waals surface area contributed by atoms with Gasteiger partial charge in [-0.15, -0.1) is 11.8 Å². The first kappa shape index (κ1) is 14.2. The van der Waals surface area contributed by atoms with E-state index in [9.17, 15) is 4.79 Å². The Balaban J connectivity index is 2.19. The first-order chi connectivity index (χ1) is 9.10. The van der Waals surface area contributed by atoms with Crippen LogP contribution in [-0.4, -0.2) is 6.29 Å². The minimum absolute atomic E-state index is 0.514. The zero-order valence-corrected chi connectivity index (χ0v) is 12.5. The number of aldehydes is 1. The maximum atomic E-state index is 11.1. The number of halogens is 1. The summed E-state index contributed by atoms with van der Waals surface area (Å²) in [6, 6.07) is 12.1. The molecule has 0 aromatic heterocycles. The largest absolute Gasteiger partial charge is 0.298 e. The van der Waals surface area contributed by atoms with Crippen molar-refractivity contribution in [2.75, 3.05) is 0 Å². The Bertz CT molecular complexity index is 587. The molecule has 0 saturated carbocycles. The van der Waals surface area contributed by atoms with Crippen LogP contribution in [0.2, 0.25) is 5.02 Å². The van der Waals surface area contributed by atoms with E-state index in [1.54, 1.807) is 17.8 Å². The summed E-state index contributed by atoms with van der Waals surface area (Å²) in [6.45, 7) is 4.19. The zero-order chi connectivity index (χ0) is 13.8. The fourth-order valence-electron chi connectivity index (χ4n) is 2.07. The Kier molecular flexibility index (Phi) is 4.67. The minimum Gasteiger partial charge on any atom is -0.298 e. The molecule has 0 fully saturated rings. The highest BCUT2D eigenvalue weighted by Crippen LogP contribution is 2.30. The quantitative estimate of drug-likeness (QED) is 0.578. The molecule has 0 amide bonds. The average Bonchev–Trinajstić information content (AvgIpc) is 2.35. The van der Waals surface area contributed by atoms with Gasteiger partial charge in [-0.3, -0.25) is 4.79 Å². The molecule has 0 aliphatic rings. The highest BCUT2D eigenvalue weighted by Gasteiger charge is 2.07. The zero-order valence-electron chi connectivity index (χ0n) is 10.9. The summed E-state index contributed by atoms with van der Waals surface area (Å²) >= 11 is 7.66. The van der Waals surface area contributed by atoms with Crippen LogP contribution < -0.4 is 0 Å². The molecular weight excluding hydrogens is 276 g/mol. The van der Waals surface area contributed by atoms with Gasteiger partial charge in [-0.2, -0.15) is 0 Å². The second kappa shape index (κ2) is 6.27. The van der Waals surface area contributed by atoms with Crippen molar-refractivity contribution in [3.63, 3.8) is 0 Å². The Labute approximate surface area is 123 Å². The molecule has 0 atom stereocenters. The lowest BCUT2D eigenvalue weighted by Gasteiger charge is -2.08. The number of aryl methyl sites for hydroxylation is 2. The third-order valence-electron chi connectivity index (χ3n) is 2.81. The first-order valence-electron chi connectivity index (χ1n) is 6.04. The number of hydrogen-bond acceptors (Lipinski definition) is 2.